The Bertz CT molecular complexity index is 799. The van der Waals surface area contributed by atoms with Gasteiger partial charge in [-0.3, -0.25) is 19.5 Å². The Balaban J connectivity index is 0.000000878. The number of hydrogen-bond donors (Lipinski definition) is 5. The highest BCUT2D eigenvalue weighted by Gasteiger charge is 2.37. The number of nitrogens with one attached hydrogen (secondary N) is 3. The minimum atomic E-state index is -0.752. The molecule has 3 rings (SSSR count). The molecule has 0 bridgehead atoms. The van der Waals surface area contributed by atoms with Gasteiger partial charge >= 0.3 is 0 Å². The predicted octanol–water partition coefficient (Wildman–Crippen LogP) is 0.950. The molecule has 2 aromatic rings. The molecule has 150 valence electrons. The zero-order valence-corrected chi connectivity index (χ0v) is 15.6. The van der Waals surface area contributed by atoms with Crippen LogP contribution in [0.1, 0.15) is 28.8 Å². The number of aliphatic hydroxyl groups excluding tert-OH is 1. The van der Waals surface area contributed by atoms with Crippen molar-refractivity contribution in [3.63, 3.8) is 0 Å². The molecule has 0 saturated heterocycles. The van der Waals surface area contributed by atoms with Crippen LogP contribution in [0.5, 0.6) is 0 Å². The summed E-state index contributed by atoms with van der Waals surface area (Å²) in [6.45, 7) is 0.123. The molecule has 1 aromatic heterocycles. The number of carbonyl (C=O) groups is 3. The summed E-state index contributed by atoms with van der Waals surface area (Å²) in [6.07, 6.45) is 2.85. The van der Waals surface area contributed by atoms with E-state index in [0.29, 0.717) is 30.0 Å². The molecule has 1 heterocycles. The van der Waals surface area contributed by atoms with Crippen LogP contribution in [0.2, 0.25) is 5.02 Å². The van der Waals surface area contributed by atoms with E-state index >= 15 is 0 Å². The molecule has 0 spiro atoms. The third-order valence-electron chi connectivity index (χ3n) is 4.33. The molecule has 2 amide bonds. The maximum Gasteiger partial charge on any atom is 0.290 e. The fraction of sp³-hybridized carbons (Fsp3) is 0.333. The number of benzene rings is 1. The summed E-state index contributed by atoms with van der Waals surface area (Å²) in [5.74, 6) is -0.805. The van der Waals surface area contributed by atoms with E-state index in [-0.39, 0.29) is 24.2 Å². The number of aliphatic hydroxyl groups is 1. The number of halogens is 1. The topological polar surface area (TPSA) is 144 Å². The highest BCUT2D eigenvalue weighted by molar-refractivity contribution is 6.30. The maximum absolute atomic E-state index is 12.3. The summed E-state index contributed by atoms with van der Waals surface area (Å²) in [7, 11) is 0. The lowest BCUT2D eigenvalue weighted by Crippen LogP contribution is -2.40. The number of aromatic amines is 1. The van der Waals surface area contributed by atoms with Crippen molar-refractivity contribution in [3.8, 4) is 0 Å². The summed E-state index contributed by atoms with van der Waals surface area (Å²) in [5.41, 5.74) is 1.30. The molecule has 10 heteroatoms. The first-order valence-corrected chi connectivity index (χ1v) is 8.90. The van der Waals surface area contributed by atoms with Crippen molar-refractivity contribution in [2.24, 2.45) is 5.92 Å². The van der Waals surface area contributed by atoms with E-state index in [2.05, 4.69) is 20.8 Å². The Morgan fingerprint density at radius 3 is 2.75 bits per heavy atom. The Hall–Kier alpha value is -2.91. The molecule has 1 aromatic carbocycles. The Morgan fingerprint density at radius 2 is 2.11 bits per heavy atom. The third-order valence-corrected chi connectivity index (χ3v) is 4.57. The van der Waals surface area contributed by atoms with E-state index in [1.54, 1.807) is 12.1 Å². The van der Waals surface area contributed by atoms with E-state index in [0.717, 1.165) is 5.56 Å². The van der Waals surface area contributed by atoms with Crippen LogP contribution in [-0.2, 0) is 16.1 Å². The molecule has 1 aliphatic carbocycles. The zero-order valence-electron chi connectivity index (χ0n) is 14.8. The van der Waals surface area contributed by atoms with Crippen LogP contribution in [-0.4, -0.2) is 50.8 Å². The Labute approximate surface area is 166 Å². The van der Waals surface area contributed by atoms with Crippen LogP contribution in [0.4, 0.5) is 0 Å². The Morgan fingerprint density at radius 1 is 1.36 bits per heavy atom. The number of hydrogen-bond acceptors (Lipinski definition) is 5. The van der Waals surface area contributed by atoms with E-state index < -0.39 is 12.1 Å². The molecule has 3 atom stereocenters. The fourth-order valence-electron chi connectivity index (χ4n) is 2.99. The largest absolute Gasteiger partial charge is 0.483 e. The molecular formula is C18H21ClN4O5. The average molecular weight is 409 g/mol. The van der Waals surface area contributed by atoms with E-state index in [4.69, 9.17) is 21.5 Å². The first-order valence-electron chi connectivity index (χ1n) is 8.52. The van der Waals surface area contributed by atoms with Crippen LogP contribution in [0, 0.1) is 5.92 Å². The number of amides is 2. The van der Waals surface area contributed by atoms with E-state index in [1.165, 1.54) is 12.4 Å². The van der Waals surface area contributed by atoms with Crippen LogP contribution in [0.15, 0.2) is 36.7 Å². The maximum atomic E-state index is 12.3. The van der Waals surface area contributed by atoms with Gasteiger partial charge in [0.25, 0.3) is 12.4 Å². The number of aromatic nitrogens is 2. The average Bonchev–Trinajstić information content (AvgIpc) is 3.31. The van der Waals surface area contributed by atoms with E-state index in [9.17, 15) is 14.7 Å². The standard InChI is InChI=1S/C17H19ClN4O3.CH2O2/c18-13-3-1-2-10(4-13)7-19-16(24)11-5-14(15(23)6-11)22-17(25)12-8-20-21-9-12;2-1-3/h1-4,8-9,11,14-15,23H,5-7H2,(H,19,24)(H,20,21)(H,22,25);1H,(H,2,3)/t11-,14+,15+;/m0./s1. The third kappa shape index (κ3) is 6.07. The summed E-state index contributed by atoms with van der Waals surface area (Å²) < 4.78 is 0. The lowest BCUT2D eigenvalue weighted by Gasteiger charge is -2.15. The lowest BCUT2D eigenvalue weighted by atomic mass is 10.1. The van der Waals surface area contributed by atoms with Gasteiger partial charge in [-0.05, 0) is 30.5 Å². The van der Waals surface area contributed by atoms with Crippen LogP contribution < -0.4 is 10.6 Å². The quantitative estimate of drug-likeness (QED) is 0.466. The number of carboxylic acid groups (broad SMARTS) is 1. The van der Waals surface area contributed by atoms with Crippen molar-refractivity contribution in [2.45, 2.75) is 31.5 Å². The number of H-pyrrole nitrogens is 1. The van der Waals surface area contributed by atoms with Crippen molar-refractivity contribution in [1.82, 2.24) is 20.8 Å². The number of nitrogens with zero attached hydrogens (tertiary/aromatic N) is 1. The number of rotatable bonds is 5. The van der Waals surface area contributed by atoms with Gasteiger partial charge in [-0.25, -0.2) is 0 Å². The predicted molar refractivity (Wildman–Crippen MR) is 101 cm³/mol. The highest BCUT2D eigenvalue weighted by Crippen LogP contribution is 2.26. The molecule has 0 radical (unpaired) electrons. The van der Waals surface area contributed by atoms with Crippen LogP contribution >= 0.6 is 11.6 Å². The van der Waals surface area contributed by atoms with Crippen molar-refractivity contribution in [1.29, 1.82) is 0 Å². The minimum absolute atomic E-state index is 0.140. The Kier molecular flexibility index (Phi) is 7.97. The zero-order chi connectivity index (χ0) is 20.5. The normalized spacial score (nSPS) is 20.6. The second-order valence-electron chi connectivity index (χ2n) is 6.26. The number of carbonyl (C=O) groups excluding carboxylic acids is 2. The SMILES string of the molecule is O=C(N[C@@H]1C[C@H](C(=O)NCc2cccc(Cl)c2)C[C@H]1O)c1cn[nH]c1.O=CO. The van der Waals surface area contributed by atoms with Crippen molar-refractivity contribution in [2.75, 3.05) is 0 Å². The van der Waals surface area contributed by atoms with Gasteiger partial charge in [0.15, 0.2) is 0 Å². The molecular weight excluding hydrogens is 388 g/mol. The van der Waals surface area contributed by atoms with Gasteiger partial charge in [0.05, 0.1) is 23.9 Å². The van der Waals surface area contributed by atoms with E-state index in [1.807, 2.05) is 12.1 Å². The molecule has 5 N–H and O–H groups in total. The van der Waals surface area contributed by atoms with Crippen molar-refractivity contribution in [3.05, 3.63) is 52.8 Å². The van der Waals surface area contributed by atoms with Gasteiger partial charge < -0.3 is 20.8 Å². The molecule has 1 saturated carbocycles. The summed E-state index contributed by atoms with van der Waals surface area (Å²) in [4.78, 5) is 32.7. The molecule has 0 unspecified atom stereocenters. The molecule has 1 aliphatic rings. The smallest absolute Gasteiger partial charge is 0.290 e. The molecule has 0 aliphatic heterocycles. The summed E-state index contributed by atoms with van der Waals surface area (Å²) >= 11 is 5.92. The van der Waals surface area contributed by atoms with Gasteiger partial charge in [0.2, 0.25) is 5.91 Å². The first-order chi connectivity index (χ1) is 13.4. The molecule has 28 heavy (non-hydrogen) atoms. The van der Waals surface area contributed by atoms with Crippen LogP contribution in [0.3, 0.4) is 0 Å². The highest BCUT2D eigenvalue weighted by atomic mass is 35.5. The molecule has 9 nitrogen and oxygen atoms in total. The minimum Gasteiger partial charge on any atom is -0.483 e. The van der Waals surface area contributed by atoms with Crippen LogP contribution in [0.25, 0.3) is 0 Å². The van der Waals surface area contributed by atoms with Gasteiger partial charge in [0.1, 0.15) is 0 Å². The molecule has 1 fully saturated rings. The lowest BCUT2D eigenvalue weighted by molar-refractivity contribution is -0.125. The van der Waals surface area contributed by atoms with Gasteiger partial charge in [-0.1, -0.05) is 23.7 Å². The second-order valence-corrected chi connectivity index (χ2v) is 6.69. The van der Waals surface area contributed by atoms with Crippen molar-refractivity contribution >= 4 is 29.9 Å². The first kappa shape index (κ1) is 21.4. The summed E-state index contributed by atoms with van der Waals surface area (Å²) in [5, 5.41) is 29.5. The van der Waals surface area contributed by atoms with Gasteiger partial charge in [0, 0.05) is 23.7 Å². The van der Waals surface area contributed by atoms with Crippen molar-refractivity contribution < 1.29 is 24.6 Å². The second kappa shape index (κ2) is 10.4. The fourth-order valence-corrected chi connectivity index (χ4v) is 3.20. The summed E-state index contributed by atoms with van der Waals surface area (Å²) in [6, 6.07) is 6.81. The van der Waals surface area contributed by atoms with Gasteiger partial charge in [-0.2, -0.15) is 5.10 Å². The van der Waals surface area contributed by atoms with Gasteiger partial charge in [-0.15, -0.1) is 0 Å². The monoisotopic (exact) mass is 408 g/mol.